The molecule has 1 aliphatic rings. The second kappa shape index (κ2) is 8.34. The van der Waals surface area contributed by atoms with Crippen molar-refractivity contribution in [2.45, 2.75) is 13.5 Å². The largest absolute Gasteiger partial charge is 0.495 e. The third-order valence-corrected chi connectivity index (χ3v) is 5.94. The van der Waals surface area contributed by atoms with E-state index in [2.05, 4.69) is 5.32 Å². The Morgan fingerprint density at radius 3 is 2.50 bits per heavy atom. The summed E-state index contributed by atoms with van der Waals surface area (Å²) in [5.74, 6) is -0.188. The number of nitrogens with one attached hydrogen (secondary N) is 1. The molecule has 3 aromatic rings. The molecule has 1 aromatic heterocycles. The van der Waals surface area contributed by atoms with E-state index in [1.165, 1.54) is 23.3 Å². The van der Waals surface area contributed by atoms with Crippen molar-refractivity contribution in [3.8, 4) is 5.75 Å². The molecule has 2 aromatic carbocycles. The average molecular weight is 439 g/mol. The van der Waals surface area contributed by atoms with Gasteiger partial charge < -0.3 is 10.1 Å². The van der Waals surface area contributed by atoms with Crippen molar-refractivity contribution in [1.82, 2.24) is 4.90 Å². The zero-order chi connectivity index (χ0) is 21.3. The van der Waals surface area contributed by atoms with Gasteiger partial charge >= 0.3 is 0 Å². The summed E-state index contributed by atoms with van der Waals surface area (Å²) in [6, 6.07) is 16.5. The number of carbonyl (C=O) groups is 2. The minimum atomic E-state index is -0.383. The Bertz CT molecular complexity index is 1140. The molecular formula is C23H19ClN2O3S. The topological polar surface area (TPSA) is 58.6 Å². The van der Waals surface area contributed by atoms with E-state index in [-0.39, 0.29) is 24.1 Å². The van der Waals surface area contributed by atoms with Gasteiger partial charge in [-0.1, -0.05) is 47.5 Å². The Hall–Kier alpha value is -3.09. The molecule has 0 saturated heterocycles. The highest BCUT2D eigenvalue weighted by atomic mass is 35.5. The average Bonchev–Trinajstić information content (AvgIpc) is 3.33. The lowest BCUT2D eigenvalue weighted by molar-refractivity contribution is -0.137. The van der Waals surface area contributed by atoms with Gasteiger partial charge in [0.05, 0.1) is 24.9 Å². The quantitative estimate of drug-likeness (QED) is 0.543. The lowest BCUT2D eigenvalue weighted by Crippen LogP contribution is -2.32. The number of nitrogens with zero attached hydrogens (tertiary/aromatic N) is 1. The molecule has 2 amide bonds. The maximum Gasteiger partial charge on any atom is 0.278 e. The predicted octanol–water partition coefficient (Wildman–Crippen LogP) is 5.11. The van der Waals surface area contributed by atoms with Crippen LogP contribution in [0.1, 0.15) is 16.0 Å². The van der Waals surface area contributed by atoms with Gasteiger partial charge in [-0.15, -0.1) is 11.3 Å². The Labute approximate surface area is 183 Å². The molecule has 0 atom stereocenters. The first-order valence-electron chi connectivity index (χ1n) is 9.28. The fraction of sp³-hybridized carbons (Fsp3) is 0.130. The molecule has 0 saturated carbocycles. The summed E-state index contributed by atoms with van der Waals surface area (Å²) in [5, 5.41) is 5.48. The van der Waals surface area contributed by atoms with Crippen LogP contribution in [0.2, 0.25) is 5.02 Å². The van der Waals surface area contributed by atoms with Gasteiger partial charge in [-0.05, 0) is 42.1 Å². The second-order valence-electron chi connectivity index (χ2n) is 6.88. The van der Waals surface area contributed by atoms with Crippen LogP contribution in [0.15, 0.2) is 65.7 Å². The van der Waals surface area contributed by atoms with E-state index in [0.717, 1.165) is 16.0 Å². The summed E-state index contributed by atoms with van der Waals surface area (Å²) in [6.07, 6.45) is 0. The molecule has 7 heteroatoms. The highest BCUT2D eigenvalue weighted by molar-refractivity contribution is 7.11. The number of benzene rings is 2. The van der Waals surface area contributed by atoms with E-state index in [4.69, 9.17) is 16.3 Å². The zero-order valence-corrected chi connectivity index (χ0v) is 18.0. The third-order valence-electron chi connectivity index (χ3n) is 4.82. The first-order valence-corrected chi connectivity index (χ1v) is 10.5. The number of carbonyl (C=O) groups excluding carboxylic acids is 2. The number of halogens is 1. The molecule has 1 aliphatic heterocycles. The lowest BCUT2D eigenvalue weighted by Gasteiger charge is -2.16. The van der Waals surface area contributed by atoms with Crippen molar-refractivity contribution < 1.29 is 14.3 Å². The maximum absolute atomic E-state index is 13.3. The van der Waals surface area contributed by atoms with Crippen molar-refractivity contribution in [2.75, 3.05) is 12.4 Å². The Morgan fingerprint density at radius 1 is 1.07 bits per heavy atom. The van der Waals surface area contributed by atoms with E-state index in [0.29, 0.717) is 22.0 Å². The van der Waals surface area contributed by atoms with Crippen molar-refractivity contribution >= 4 is 46.0 Å². The highest BCUT2D eigenvalue weighted by Gasteiger charge is 2.39. The summed E-state index contributed by atoms with van der Waals surface area (Å²) in [5.41, 5.74) is 3.09. The van der Waals surface area contributed by atoms with Crippen LogP contribution in [-0.2, 0) is 16.1 Å². The Morgan fingerprint density at radius 2 is 1.83 bits per heavy atom. The minimum absolute atomic E-state index is 0.199. The van der Waals surface area contributed by atoms with E-state index >= 15 is 0 Å². The number of anilines is 1. The molecule has 4 rings (SSSR count). The number of amides is 2. The summed E-state index contributed by atoms with van der Waals surface area (Å²) in [6.45, 7) is 2.19. The van der Waals surface area contributed by atoms with Gasteiger partial charge in [0.25, 0.3) is 11.8 Å². The molecule has 30 heavy (non-hydrogen) atoms. The molecule has 0 aliphatic carbocycles. The SMILES string of the molecule is COc1ccc(Cl)cc1NC1=C(c2cccs2)C(=O)N(Cc2ccc(C)cc2)C1=O. The minimum Gasteiger partial charge on any atom is -0.495 e. The standard InChI is InChI=1S/C23H19ClN2O3S/c1-14-5-7-15(8-6-14)13-26-22(27)20(19-4-3-11-30-19)21(23(26)28)25-17-12-16(24)9-10-18(17)29-2/h3-12,25H,13H2,1-2H3. The number of hydrogen-bond donors (Lipinski definition) is 1. The number of thiophene rings is 1. The van der Waals surface area contributed by atoms with Crippen LogP contribution in [0.4, 0.5) is 5.69 Å². The molecule has 5 nitrogen and oxygen atoms in total. The normalized spacial score (nSPS) is 13.9. The summed E-state index contributed by atoms with van der Waals surface area (Å²) in [7, 11) is 1.54. The van der Waals surface area contributed by atoms with E-state index < -0.39 is 0 Å². The fourth-order valence-corrected chi connectivity index (χ4v) is 4.21. The van der Waals surface area contributed by atoms with Crippen LogP contribution < -0.4 is 10.1 Å². The number of rotatable bonds is 6. The zero-order valence-electron chi connectivity index (χ0n) is 16.4. The van der Waals surface area contributed by atoms with E-state index in [1.807, 2.05) is 48.7 Å². The van der Waals surface area contributed by atoms with Crippen LogP contribution in [0.25, 0.3) is 5.57 Å². The Balaban J connectivity index is 1.73. The molecule has 0 fully saturated rings. The maximum atomic E-state index is 13.3. The van der Waals surface area contributed by atoms with Crippen molar-refractivity contribution in [2.24, 2.45) is 0 Å². The van der Waals surface area contributed by atoms with Gasteiger partial charge in [-0.2, -0.15) is 0 Å². The van der Waals surface area contributed by atoms with Crippen molar-refractivity contribution in [3.05, 3.63) is 86.7 Å². The monoisotopic (exact) mass is 438 g/mol. The Kier molecular flexibility index (Phi) is 5.61. The summed E-state index contributed by atoms with van der Waals surface area (Å²) >= 11 is 7.55. The van der Waals surface area contributed by atoms with Crippen LogP contribution in [0.5, 0.6) is 5.75 Å². The fourth-order valence-electron chi connectivity index (χ4n) is 3.27. The van der Waals surface area contributed by atoms with E-state index in [1.54, 1.807) is 18.2 Å². The molecule has 0 bridgehead atoms. The number of imide groups is 1. The summed E-state index contributed by atoms with van der Waals surface area (Å²) < 4.78 is 5.38. The van der Waals surface area contributed by atoms with Gasteiger partial charge in [0.15, 0.2) is 0 Å². The van der Waals surface area contributed by atoms with Gasteiger partial charge in [-0.25, -0.2) is 0 Å². The van der Waals surface area contributed by atoms with Gasteiger partial charge in [0.2, 0.25) is 0 Å². The lowest BCUT2D eigenvalue weighted by atomic mass is 10.1. The first kappa shape index (κ1) is 20.2. The van der Waals surface area contributed by atoms with Crippen LogP contribution in [-0.4, -0.2) is 23.8 Å². The smallest absolute Gasteiger partial charge is 0.278 e. The molecule has 0 radical (unpaired) electrons. The summed E-state index contributed by atoms with van der Waals surface area (Å²) in [4.78, 5) is 28.5. The molecule has 2 heterocycles. The van der Waals surface area contributed by atoms with Gasteiger partial charge in [0, 0.05) is 9.90 Å². The third kappa shape index (κ3) is 3.84. The second-order valence-corrected chi connectivity index (χ2v) is 8.26. The molecule has 152 valence electrons. The molecular weight excluding hydrogens is 420 g/mol. The number of aryl methyl sites for hydroxylation is 1. The van der Waals surface area contributed by atoms with Crippen LogP contribution >= 0.6 is 22.9 Å². The number of ether oxygens (including phenoxy) is 1. The molecule has 0 unspecified atom stereocenters. The number of methoxy groups -OCH3 is 1. The highest BCUT2D eigenvalue weighted by Crippen LogP contribution is 2.36. The van der Waals surface area contributed by atoms with Crippen molar-refractivity contribution in [3.63, 3.8) is 0 Å². The van der Waals surface area contributed by atoms with Crippen molar-refractivity contribution in [1.29, 1.82) is 0 Å². The number of hydrogen-bond acceptors (Lipinski definition) is 5. The molecule has 1 N–H and O–H groups in total. The van der Waals surface area contributed by atoms with E-state index in [9.17, 15) is 9.59 Å². The van der Waals surface area contributed by atoms with Crippen LogP contribution in [0.3, 0.4) is 0 Å². The van der Waals surface area contributed by atoms with Crippen LogP contribution in [0, 0.1) is 6.92 Å². The molecule has 0 spiro atoms. The predicted molar refractivity (Wildman–Crippen MR) is 120 cm³/mol. The van der Waals surface area contributed by atoms with Gasteiger partial charge in [0.1, 0.15) is 11.4 Å². The van der Waals surface area contributed by atoms with Gasteiger partial charge in [-0.3, -0.25) is 14.5 Å². The first-order chi connectivity index (χ1) is 14.5.